The molecule has 2 aromatic rings. The number of aryl methyl sites for hydroxylation is 3. The van der Waals surface area contributed by atoms with E-state index in [0.717, 1.165) is 5.56 Å². The van der Waals surface area contributed by atoms with Gasteiger partial charge in [0, 0.05) is 24.5 Å². The maximum Gasteiger partial charge on any atom is 0.253 e. The van der Waals surface area contributed by atoms with Gasteiger partial charge in [0.15, 0.2) is 0 Å². The van der Waals surface area contributed by atoms with Crippen LogP contribution >= 0.6 is 0 Å². The van der Waals surface area contributed by atoms with Gasteiger partial charge in [-0.15, -0.1) is 0 Å². The molecule has 2 aromatic heterocycles. The highest BCUT2D eigenvalue weighted by atomic mass is 16.1. The number of anilines is 1. The van der Waals surface area contributed by atoms with Crippen molar-refractivity contribution in [3.8, 4) is 0 Å². The van der Waals surface area contributed by atoms with Crippen LogP contribution in [0.4, 0.5) is 5.69 Å². The summed E-state index contributed by atoms with van der Waals surface area (Å²) < 4.78 is 3.40. The van der Waals surface area contributed by atoms with E-state index >= 15 is 0 Å². The van der Waals surface area contributed by atoms with Crippen LogP contribution in [0, 0.1) is 6.92 Å². The van der Waals surface area contributed by atoms with E-state index in [1.54, 1.807) is 27.8 Å². The van der Waals surface area contributed by atoms with Crippen LogP contribution in [-0.2, 0) is 13.1 Å². The first-order chi connectivity index (χ1) is 7.66. The molecule has 0 atom stereocenters. The molecule has 0 fully saturated rings. The zero-order valence-corrected chi connectivity index (χ0v) is 9.13. The average molecular weight is 218 g/mol. The van der Waals surface area contributed by atoms with Gasteiger partial charge >= 0.3 is 0 Å². The monoisotopic (exact) mass is 218 g/mol. The van der Waals surface area contributed by atoms with Crippen molar-refractivity contribution in [1.29, 1.82) is 0 Å². The van der Waals surface area contributed by atoms with Crippen LogP contribution in [0.25, 0.3) is 0 Å². The van der Waals surface area contributed by atoms with Gasteiger partial charge in [-0.25, -0.2) is 0 Å². The summed E-state index contributed by atoms with van der Waals surface area (Å²) in [7, 11) is 0. The first-order valence-electron chi connectivity index (χ1n) is 5.11. The van der Waals surface area contributed by atoms with Crippen molar-refractivity contribution in [2.75, 3.05) is 5.73 Å². The Balaban J connectivity index is 2.11. The van der Waals surface area contributed by atoms with Crippen molar-refractivity contribution in [3.63, 3.8) is 0 Å². The second-order valence-electron chi connectivity index (χ2n) is 3.73. The molecule has 0 aliphatic heterocycles. The van der Waals surface area contributed by atoms with Crippen molar-refractivity contribution in [2.45, 2.75) is 20.0 Å². The lowest BCUT2D eigenvalue weighted by atomic mass is 10.3. The summed E-state index contributed by atoms with van der Waals surface area (Å²) in [6.45, 7) is 3.05. The number of nitrogen functional groups attached to an aromatic ring is 1. The van der Waals surface area contributed by atoms with Crippen molar-refractivity contribution in [3.05, 3.63) is 46.6 Å². The normalized spacial score (nSPS) is 10.6. The number of nitrogens with zero attached hydrogens (tertiary/aromatic N) is 3. The van der Waals surface area contributed by atoms with Gasteiger partial charge in [0.2, 0.25) is 0 Å². The zero-order chi connectivity index (χ0) is 11.5. The molecule has 0 amide bonds. The Morgan fingerprint density at radius 1 is 1.44 bits per heavy atom. The minimum absolute atomic E-state index is 0.0441. The minimum Gasteiger partial charge on any atom is -0.396 e. The number of aromatic nitrogens is 3. The summed E-state index contributed by atoms with van der Waals surface area (Å²) in [6, 6.07) is 3.68. The summed E-state index contributed by atoms with van der Waals surface area (Å²) in [6.07, 6.45) is 5.13. The Morgan fingerprint density at radius 3 is 2.94 bits per heavy atom. The minimum atomic E-state index is 0.0441. The summed E-state index contributed by atoms with van der Waals surface area (Å²) >= 11 is 0. The molecule has 5 heteroatoms. The fraction of sp³-hybridized carbons (Fsp3) is 0.273. The van der Waals surface area contributed by atoms with Crippen LogP contribution in [0.2, 0.25) is 0 Å². The topological polar surface area (TPSA) is 65.8 Å². The van der Waals surface area contributed by atoms with Gasteiger partial charge in [-0.05, 0) is 13.0 Å². The molecule has 5 nitrogen and oxygen atoms in total. The molecule has 16 heavy (non-hydrogen) atoms. The first kappa shape index (κ1) is 10.5. The molecular weight excluding hydrogens is 204 g/mol. The van der Waals surface area contributed by atoms with E-state index in [-0.39, 0.29) is 5.56 Å². The molecule has 0 radical (unpaired) electrons. The Bertz CT molecular complexity index is 541. The van der Waals surface area contributed by atoms with E-state index in [1.165, 1.54) is 0 Å². The van der Waals surface area contributed by atoms with Crippen LogP contribution in [0.5, 0.6) is 0 Å². The smallest absolute Gasteiger partial charge is 0.253 e. The molecule has 2 rings (SSSR count). The van der Waals surface area contributed by atoms with E-state index in [2.05, 4.69) is 5.10 Å². The third-order valence-electron chi connectivity index (χ3n) is 2.43. The number of hydrogen-bond donors (Lipinski definition) is 1. The predicted octanol–water partition coefficient (Wildman–Crippen LogP) is 0.636. The van der Waals surface area contributed by atoms with E-state index in [1.807, 2.05) is 19.1 Å². The number of nitrogens with two attached hydrogens (primary N) is 1. The second kappa shape index (κ2) is 4.22. The molecule has 84 valence electrons. The van der Waals surface area contributed by atoms with Gasteiger partial charge in [-0.2, -0.15) is 5.10 Å². The average Bonchev–Trinajstić information content (AvgIpc) is 2.67. The molecule has 0 unspecified atom stereocenters. The first-order valence-corrected chi connectivity index (χ1v) is 5.11. The fourth-order valence-corrected chi connectivity index (χ4v) is 1.54. The fourth-order valence-electron chi connectivity index (χ4n) is 1.54. The van der Waals surface area contributed by atoms with Crippen LogP contribution < -0.4 is 11.3 Å². The lowest BCUT2D eigenvalue weighted by molar-refractivity contribution is 0.522. The Morgan fingerprint density at radius 2 is 2.25 bits per heavy atom. The van der Waals surface area contributed by atoms with Crippen molar-refractivity contribution < 1.29 is 0 Å². The summed E-state index contributed by atoms with van der Waals surface area (Å²) in [5.74, 6) is 0. The molecule has 2 heterocycles. The van der Waals surface area contributed by atoms with Crippen LogP contribution in [0.1, 0.15) is 5.56 Å². The Kier molecular flexibility index (Phi) is 2.76. The molecule has 0 bridgehead atoms. The molecule has 0 aliphatic rings. The van der Waals surface area contributed by atoms with Gasteiger partial charge in [-0.3, -0.25) is 9.48 Å². The van der Waals surface area contributed by atoms with E-state index < -0.39 is 0 Å². The van der Waals surface area contributed by atoms with E-state index in [9.17, 15) is 4.79 Å². The third-order valence-corrected chi connectivity index (χ3v) is 2.43. The largest absolute Gasteiger partial charge is 0.396 e. The Labute approximate surface area is 93.1 Å². The lowest BCUT2D eigenvalue weighted by Crippen LogP contribution is -2.23. The maximum atomic E-state index is 11.7. The van der Waals surface area contributed by atoms with Gasteiger partial charge < -0.3 is 10.3 Å². The molecule has 0 aliphatic carbocycles. The molecule has 2 N–H and O–H groups in total. The van der Waals surface area contributed by atoms with Gasteiger partial charge in [0.05, 0.1) is 18.4 Å². The highest BCUT2D eigenvalue weighted by Gasteiger charge is 1.99. The molecule has 0 saturated heterocycles. The van der Waals surface area contributed by atoms with Crippen molar-refractivity contribution >= 4 is 5.69 Å². The highest BCUT2D eigenvalue weighted by Crippen LogP contribution is 1.98. The molecular formula is C11H14N4O. The lowest BCUT2D eigenvalue weighted by Gasteiger charge is -2.06. The quantitative estimate of drug-likeness (QED) is 0.822. The number of rotatable bonds is 3. The van der Waals surface area contributed by atoms with E-state index in [0.29, 0.717) is 18.8 Å². The third kappa shape index (κ3) is 2.13. The summed E-state index contributed by atoms with van der Waals surface area (Å²) in [5.41, 5.74) is 6.98. The van der Waals surface area contributed by atoms with Crippen LogP contribution in [0.3, 0.4) is 0 Å². The molecule has 0 aromatic carbocycles. The van der Waals surface area contributed by atoms with Crippen LogP contribution in [0.15, 0.2) is 35.5 Å². The van der Waals surface area contributed by atoms with Crippen LogP contribution in [-0.4, -0.2) is 14.3 Å². The number of hydrogen-bond acceptors (Lipinski definition) is 3. The maximum absolute atomic E-state index is 11.7. The standard InChI is InChI=1S/C11H14N4O/c1-9-3-2-4-14(11(9)16)5-6-15-8-10(12)7-13-15/h2-4,7-8H,5-6,12H2,1H3. The second-order valence-corrected chi connectivity index (χ2v) is 3.73. The SMILES string of the molecule is Cc1cccn(CCn2cc(N)cn2)c1=O. The number of pyridine rings is 1. The molecule has 0 saturated carbocycles. The predicted molar refractivity (Wildman–Crippen MR) is 62.1 cm³/mol. The van der Waals surface area contributed by atoms with Crippen molar-refractivity contribution in [2.24, 2.45) is 0 Å². The van der Waals surface area contributed by atoms with Gasteiger partial charge in [0.25, 0.3) is 5.56 Å². The Hall–Kier alpha value is -2.04. The van der Waals surface area contributed by atoms with Gasteiger partial charge in [0.1, 0.15) is 0 Å². The van der Waals surface area contributed by atoms with Gasteiger partial charge in [-0.1, -0.05) is 6.07 Å². The highest BCUT2D eigenvalue weighted by molar-refractivity contribution is 5.30. The molecule has 0 spiro atoms. The van der Waals surface area contributed by atoms with E-state index in [4.69, 9.17) is 5.73 Å². The summed E-state index contributed by atoms with van der Waals surface area (Å²) in [4.78, 5) is 11.7. The summed E-state index contributed by atoms with van der Waals surface area (Å²) in [5, 5.41) is 4.06. The van der Waals surface area contributed by atoms with Crippen molar-refractivity contribution in [1.82, 2.24) is 14.3 Å². The zero-order valence-electron chi connectivity index (χ0n) is 9.13.